The van der Waals surface area contributed by atoms with E-state index in [1.54, 1.807) is 19.1 Å². The second-order valence-corrected chi connectivity index (χ2v) is 5.25. The van der Waals surface area contributed by atoms with Gasteiger partial charge in [-0.2, -0.15) is 5.10 Å². The van der Waals surface area contributed by atoms with Crippen LogP contribution in [0, 0.1) is 30.9 Å². The maximum Gasteiger partial charge on any atom is 0.272 e. The molecule has 1 aromatic carbocycles. The third kappa shape index (κ3) is 3.28. The van der Waals surface area contributed by atoms with Crippen LogP contribution in [0.2, 0.25) is 0 Å². The molecule has 2 rings (SSSR count). The van der Waals surface area contributed by atoms with Crippen LogP contribution < -0.4 is 5.32 Å². The van der Waals surface area contributed by atoms with Crippen molar-refractivity contribution in [2.75, 3.05) is 0 Å². The van der Waals surface area contributed by atoms with E-state index in [0.29, 0.717) is 18.7 Å². The van der Waals surface area contributed by atoms with E-state index in [9.17, 15) is 10.1 Å². The van der Waals surface area contributed by atoms with Gasteiger partial charge in [0.25, 0.3) is 5.69 Å². The molecule has 21 heavy (non-hydrogen) atoms. The highest BCUT2D eigenvalue weighted by atomic mass is 16.6. The lowest BCUT2D eigenvalue weighted by Gasteiger charge is -2.06. The first-order valence-corrected chi connectivity index (χ1v) is 6.84. The molecule has 6 nitrogen and oxygen atoms in total. The molecule has 2 aromatic rings. The summed E-state index contributed by atoms with van der Waals surface area (Å²) in [5, 5.41) is 18.6. The normalized spacial score (nSPS) is 10.9. The summed E-state index contributed by atoms with van der Waals surface area (Å²) in [7, 11) is 1.93. The molecular formula is C15H20N4O2. The van der Waals surface area contributed by atoms with Gasteiger partial charge in [0.1, 0.15) is 0 Å². The van der Waals surface area contributed by atoms with Gasteiger partial charge in [-0.3, -0.25) is 14.8 Å². The number of rotatable bonds is 5. The zero-order valence-electron chi connectivity index (χ0n) is 12.8. The number of nitrogens with one attached hydrogen (secondary N) is 1. The molecule has 0 aliphatic heterocycles. The van der Waals surface area contributed by atoms with Crippen molar-refractivity contribution >= 4 is 5.69 Å². The predicted octanol–water partition coefficient (Wildman–Crippen LogP) is 2.54. The van der Waals surface area contributed by atoms with Crippen molar-refractivity contribution in [2.45, 2.75) is 33.9 Å². The van der Waals surface area contributed by atoms with Crippen LogP contribution in [0.15, 0.2) is 18.2 Å². The standard InChI is InChI=1S/C15H20N4O2/c1-10-5-6-13(7-15(10)19(20)21)8-16-9-14-11(2)17-18(4)12(14)3/h5-7,16H,8-9H2,1-4H3. The zero-order valence-corrected chi connectivity index (χ0v) is 12.8. The number of benzene rings is 1. The van der Waals surface area contributed by atoms with Crippen molar-refractivity contribution in [1.82, 2.24) is 15.1 Å². The maximum absolute atomic E-state index is 10.9. The van der Waals surface area contributed by atoms with Crippen molar-refractivity contribution in [2.24, 2.45) is 7.05 Å². The molecule has 0 aliphatic rings. The van der Waals surface area contributed by atoms with Crippen LogP contribution in [0.3, 0.4) is 0 Å². The number of hydrogen-bond donors (Lipinski definition) is 1. The van der Waals surface area contributed by atoms with Crippen LogP contribution in [0.4, 0.5) is 5.69 Å². The van der Waals surface area contributed by atoms with E-state index in [2.05, 4.69) is 10.4 Å². The summed E-state index contributed by atoms with van der Waals surface area (Å²) >= 11 is 0. The summed E-state index contributed by atoms with van der Waals surface area (Å²) in [6, 6.07) is 5.33. The van der Waals surface area contributed by atoms with Crippen LogP contribution in [0.25, 0.3) is 0 Å². The lowest BCUT2D eigenvalue weighted by Crippen LogP contribution is -2.14. The Morgan fingerprint density at radius 1 is 1.29 bits per heavy atom. The van der Waals surface area contributed by atoms with Gasteiger partial charge in [-0.15, -0.1) is 0 Å². The molecule has 1 heterocycles. The van der Waals surface area contributed by atoms with Gasteiger partial charge in [0, 0.05) is 43.0 Å². The van der Waals surface area contributed by atoms with Gasteiger partial charge in [-0.1, -0.05) is 12.1 Å². The number of hydrogen-bond acceptors (Lipinski definition) is 4. The van der Waals surface area contributed by atoms with Crippen LogP contribution in [-0.2, 0) is 20.1 Å². The van der Waals surface area contributed by atoms with Crippen LogP contribution >= 0.6 is 0 Å². The highest BCUT2D eigenvalue weighted by Gasteiger charge is 2.12. The minimum absolute atomic E-state index is 0.169. The molecule has 0 bridgehead atoms. The zero-order chi connectivity index (χ0) is 15.6. The number of aryl methyl sites for hydroxylation is 3. The first-order valence-electron chi connectivity index (χ1n) is 6.84. The summed E-state index contributed by atoms with van der Waals surface area (Å²) in [4.78, 5) is 10.6. The number of nitro benzene ring substituents is 1. The molecule has 0 spiro atoms. The minimum Gasteiger partial charge on any atom is -0.308 e. The van der Waals surface area contributed by atoms with Gasteiger partial charge in [-0.25, -0.2) is 0 Å². The summed E-state index contributed by atoms with van der Waals surface area (Å²) in [5.41, 5.74) is 5.09. The molecule has 6 heteroatoms. The molecule has 1 aromatic heterocycles. The monoisotopic (exact) mass is 288 g/mol. The summed E-state index contributed by atoms with van der Waals surface area (Å²) in [5.74, 6) is 0. The fourth-order valence-corrected chi connectivity index (χ4v) is 2.37. The van der Waals surface area contributed by atoms with Crippen LogP contribution in [0.1, 0.15) is 28.1 Å². The third-order valence-electron chi connectivity index (χ3n) is 3.76. The molecule has 0 atom stereocenters. The number of nitro groups is 1. The second kappa shape index (κ2) is 6.05. The van der Waals surface area contributed by atoms with Gasteiger partial charge < -0.3 is 5.32 Å². The van der Waals surface area contributed by atoms with Crippen molar-refractivity contribution in [3.63, 3.8) is 0 Å². The van der Waals surface area contributed by atoms with Gasteiger partial charge in [0.05, 0.1) is 10.6 Å². The SMILES string of the molecule is Cc1ccc(CNCc2c(C)nn(C)c2C)cc1[N+](=O)[O-]. The average Bonchev–Trinajstić information content (AvgIpc) is 2.66. The molecular weight excluding hydrogens is 268 g/mol. The first kappa shape index (κ1) is 15.2. The van der Waals surface area contributed by atoms with Crippen LogP contribution in [0.5, 0.6) is 0 Å². The minimum atomic E-state index is -0.339. The molecule has 0 radical (unpaired) electrons. The molecule has 0 fully saturated rings. The highest BCUT2D eigenvalue weighted by molar-refractivity contribution is 5.42. The summed E-state index contributed by atoms with van der Waals surface area (Å²) < 4.78 is 1.86. The Morgan fingerprint density at radius 2 is 2.00 bits per heavy atom. The quantitative estimate of drug-likeness (QED) is 0.678. The van der Waals surface area contributed by atoms with E-state index in [1.165, 1.54) is 5.56 Å². The molecule has 0 saturated carbocycles. The van der Waals surface area contributed by atoms with Crippen molar-refractivity contribution in [3.05, 3.63) is 56.4 Å². The molecule has 1 N–H and O–H groups in total. The lowest BCUT2D eigenvalue weighted by molar-refractivity contribution is -0.385. The smallest absolute Gasteiger partial charge is 0.272 e. The fourth-order valence-electron chi connectivity index (χ4n) is 2.37. The topological polar surface area (TPSA) is 73.0 Å². The van der Waals surface area contributed by atoms with Gasteiger partial charge in [0.15, 0.2) is 0 Å². The molecule has 0 unspecified atom stereocenters. The Bertz CT molecular complexity index is 677. The van der Waals surface area contributed by atoms with E-state index >= 15 is 0 Å². The lowest BCUT2D eigenvalue weighted by atomic mass is 10.1. The predicted molar refractivity (Wildman–Crippen MR) is 81.1 cm³/mol. The Labute approximate surface area is 123 Å². The largest absolute Gasteiger partial charge is 0.308 e. The van der Waals surface area contributed by atoms with E-state index in [4.69, 9.17) is 0 Å². The molecule has 0 amide bonds. The summed E-state index contributed by atoms with van der Waals surface area (Å²) in [6.07, 6.45) is 0. The third-order valence-corrected chi connectivity index (χ3v) is 3.76. The summed E-state index contributed by atoms with van der Waals surface area (Å²) in [6.45, 7) is 7.06. The van der Waals surface area contributed by atoms with Gasteiger partial charge in [0.2, 0.25) is 0 Å². The molecule has 0 saturated heterocycles. The van der Waals surface area contributed by atoms with E-state index in [1.807, 2.05) is 31.6 Å². The Morgan fingerprint density at radius 3 is 2.57 bits per heavy atom. The van der Waals surface area contributed by atoms with Gasteiger partial charge >= 0.3 is 0 Å². The average molecular weight is 288 g/mol. The molecule has 0 aliphatic carbocycles. The van der Waals surface area contributed by atoms with E-state index in [0.717, 1.165) is 17.0 Å². The Kier molecular flexibility index (Phi) is 4.37. The fraction of sp³-hybridized carbons (Fsp3) is 0.400. The van der Waals surface area contributed by atoms with Gasteiger partial charge in [-0.05, 0) is 26.3 Å². The highest BCUT2D eigenvalue weighted by Crippen LogP contribution is 2.19. The Hall–Kier alpha value is -2.21. The Balaban J connectivity index is 2.04. The maximum atomic E-state index is 10.9. The van der Waals surface area contributed by atoms with Crippen molar-refractivity contribution < 1.29 is 4.92 Å². The van der Waals surface area contributed by atoms with Crippen molar-refractivity contribution in [1.29, 1.82) is 0 Å². The number of nitrogens with zero attached hydrogens (tertiary/aromatic N) is 3. The van der Waals surface area contributed by atoms with Crippen molar-refractivity contribution in [3.8, 4) is 0 Å². The molecule has 112 valence electrons. The van der Waals surface area contributed by atoms with Crippen LogP contribution in [-0.4, -0.2) is 14.7 Å². The first-order chi connectivity index (χ1) is 9.90. The number of aromatic nitrogens is 2. The van der Waals surface area contributed by atoms with E-state index in [-0.39, 0.29) is 10.6 Å². The van der Waals surface area contributed by atoms with E-state index < -0.39 is 0 Å². The second-order valence-electron chi connectivity index (χ2n) is 5.25.